The summed E-state index contributed by atoms with van der Waals surface area (Å²) in [5.41, 5.74) is 3.31. The minimum absolute atomic E-state index is 0.0317. The first-order chi connectivity index (χ1) is 9.65. The molecule has 1 aromatic carbocycles. The van der Waals surface area contributed by atoms with Gasteiger partial charge in [0.15, 0.2) is 0 Å². The van der Waals surface area contributed by atoms with E-state index in [1.165, 1.54) is 24.8 Å². The van der Waals surface area contributed by atoms with Crippen LogP contribution in [-0.2, 0) is 4.79 Å². The number of halogens is 1. The van der Waals surface area contributed by atoms with Crippen molar-refractivity contribution in [2.45, 2.75) is 32.6 Å². The molecule has 0 aliphatic heterocycles. The summed E-state index contributed by atoms with van der Waals surface area (Å²) in [7, 11) is 0. The number of amides is 1. The van der Waals surface area contributed by atoms with E-state index in [2.05, 4.69) is 16.7 Å². The number of aryl methyl sites for hydroxylation is 1. The topological polar surface area (TPSA) is 41.1 Å². The monoisotopic (exact) mass is 292 g/mol. The Morgan fingerprint density at radius 1 is 1.40 bits per heavy atom. The summed E-state index contributed by atoms with van der Waals surface area (Å²) in [6.07, 6.45) is 7.07. The zero-order valence-corrected chi connectivity index (χ0v) is 12.6. The molecule has 0 saturated heterocycles. The average Bonchev–Trinajstić information content (AvgIpc) is 2.92. The Hall–Kier alpha value is -1.32. The van der Waals surface area contributed by atoms with E-state index in [-0.39, 0.29) is 5.91 Å². The van der Waals surface area contributed by atoms with E-state index >= 15 is 0 Å². The van der Waals surface area contributed by atoms with Crippen LogP contribution in [0.3, 0.4) is 0 Å². The fourth-order valence-corrected chi connectivity index (χ4v) is 2.51. The second-order valence-electron chi connectivity index (χ2n) is 5.19. The van der Waals surface area contributed by atoms with E-state index in [9.17, 15) is 4.79 Å². The molecule has 108 valence electrons. The summed E-state index contributed by atoms with van der Waals surface area (Å²) in [6, 6.07) is 5.50. The second-order valence-corrected chi connectivity index (χ2v) is 5.63. The van der Waals surface area contributed by atoms with Crippen molar-refractivity contribution >= 4 is 23.2 Å². The van der Waals surface area contributed by atoms with Gasteiger partial charge in [-0.15, -0.1) is 0 Å². The molecular formula is C16H21ClN2O. The van der Waals surface area contributed by atoms with Crippen molar-refractivity contribution in [2.75, 3.05) is 18.4 Å². The van der Waals surface area contributed by atoms with Crippen LogP contribution >= 0.6 is 11.6 Å². The van der Waals surface area contributed by atoms with Gasteiger partial charge in [0.2, 0.25) is 5.91 Å². The third-order valence-electron chi connectivity index (χ3n) is 3.52. The molecule has 1 amide bonds. The average molecular weight is 293 g/mol. The van der Waals surface area contributed by atoms with E-state index < -0.39 is 0 Å². The molecule has 2 rings (SSSR count). The molecule has 2 N–H and O–H groups in total. The van der Waals surface area contributed by atoms with Gasteiger partial charge in [-0.05, 0) is 56.8 Å². The second kappa shape index (κ2) is 7.46. The van der Waals surface area contributed by atoms with Gasteiger partial charge in [0.25, 0.3) is 0 Å². The third-order valence-corrected chi connectivity index (χ3v) is 3.75. The smallest absolute Gasteiger partial charge is 0.238 e. The minimum atomic E-state index is -0.0317. The van der Waals surface area contributed by atoms with Crippen LogP contribution in [0, 0.1) is 6.92 Å². The van der Waals surface area contributed by atoms with Crippen molar-refractivity contribution in [3.8, 4) is 0 Å². The normalized spacial score (nSPS) is 14.2. The highest BCUT2D eigenvalue weighted by molar-refractivity contribution is 6.31. The third kappa shape index (κ3) is 4.66. The van der Waals surface area contributed by atoms with Crippen LogP contribution in [0.5, 0.6) is 0 Å². The van der Waals surface area contributed by atoms with Crippen molar-refractivity contribution < 1.29 is 4.79 Å². The molecule has 0 aromatic heterocycles. The number of nitrogens with one attached hydrogen (secondary N) is 2. The van der Waals surface area contributed by atoms with Crippen molar-refractivity contribution in [1.29, 1.82) is 0 Å². The number of carbonyl (C=O) groups excluding carboxylic acids is 1. The summed E-state index contributed by atoms with van der Waals surface area (Å²) in [5.74, 6) is -0.0317. The van der Waals surface area contributed by atoms with Crippen molar-refractivity contribution in [3.63, 3.8) is 0 Å². The van der Waals surface area contributed by atoms with Crippen molar-refractivity contribution in [3.05, 3.63) is 40.4 Å². The largest absolute Gasteiger partial charge is 0.325 e. The van der Waals surface area contributed by atoms with Gasteiger partial charge in [0.05, 0.1) is 6.54 Å². The number of hydrogen-bond acceptors (Lipinski definition) is 2. The minimum Gasteiger partial charge on any atom is -0.325 e. The van der Waals surface area contributed by atoms with Gasteiger partial charge in [0.1, 0.15) is 0 Å². The molecule has 0 atom stereocenters. The fourth-order valence-electron chi connectivity index (χ4n) is 2.34. The Morgan fingerprint density at radius 3 is 3.00 bits per heavy atom. The summed E-state index contributed by atoms with van der Waals surface area (Å²) in [6.45, 7) is 3.14. The molecule has 3 nitrogen and oxygen atoms in total. The van der Waals surface area contributed by atoms with Crippen LogP contribution in [0.25, 0.3) is 0 Å². The Kier molecular flexibility index (Phi) is 5.62. The maximum atomic E-state index is 11.8. The van der Waals surface area contributed by atoms with Crippen LogP contribution in [0.1, 0.15) is 31.2 Å². The van der Waals surface area contributed by atoms with E-state index in [0.717, 1.165) is 24.2 Å². The zero-order valence-electron chi connectivity index (χ0n) is 11.8. The Morgan fingerprint density at radius 2 is 2.25 bits per heavy atom. The molecule has 1 aliphatic rings. The van der Waals surface area contributed by atoms with Crippen LogP contribution in [0.15, 0.2) is 29.8 Å². The van der Waals surface area contributed by atoms with Gasteiger partial charge in [-0.2, -0.15) is 0 Å². The lowest BCUT2D eigenvalue weighted by atomic mass is 10.2. The molecule has 0 radical (unpaired) electrons. The highest BCUT2D eigenvalue weighted by atomic mass is 35.5. The molecular weight excluding hydrogens is 272 g/mol. The Labute approximate surface area is 125 Å². The van der Waals surface area contributed by atoms with Gasteiger partial charge in [-0.25, -0.2) is 0 Å². The quantitative estimate of drug-likeness (QED) is 0.620. The van der Waals surface area contributed by atoms with Crippen LogP contribution in [-0.4, -0.2) is 19.0 Å². The first-order valence-corrected chi connectivity index (χ1v) is 7.47. The number of hydrogen-bond donors (Lipinski definition) is 2. The zero-order chi connectivity index (χ0) is 14.4. The molecule has 1 aliphatic carbocycles. The van der Waals surface area contributed by atoms with E-state index in [0.29, 0.717) is 11.6 Å². The summed E-state index contributed by atoms with van der Waals surface area (Å²) < 4.78 is 0. The lowest BCUT2D eigenvalue weighted by Gasteiger charge is -2.10. The fraction of sp³-hybridized carbons (Fsp3) is 0.438. The predicted octanol–water partition coefficient (Wildman–Crippen LogP) is 3.68. The van der Waals surface area contributed by atoms with Crippen LogP contribution in [0.2, 0.25) is 5.02 Å². The Balaban J connectivity index is 1.71. The highest BCUT2D eigenvalue weighted by Gasteiger charge is 2.06. The summed E-state index contributed by atoms with van der Waals surface area (Å²) in [5, 5.41) is 6.69. The highest BCUT2D eigenvalue weighted by Crippen LogP contribution is 2.20. The lowest BCUT2D eigenvalue weighted by Crippen LogP contribution is -2.29. The van der Waals surface area contributed by atoms with Gasteiger partial charge >= 0.3 is 0 Å². The van der Waals surface area contributed by atoms with E-state index in [1.54, 1.807) is 6.07 Å². The molecule has 4 heteroatoms. The van der Waals surface area contributed by atoms with Crippen LogP contribution < -0.4 is 10.6 Å². The van der Waals surface area contributed by atoms with E-state index in [4.69, 9.17) is 11.6 Å². The molecule has 1 aromatic rings. The van der Waals surface area contributed by atoms with Crippen LogP contribution in [0.4, 0.5) is 5.69 Å². The predicted molar refractivity (Wildman–Crippen MR) is 84.2 cm³/mol. The molecule has 20 heavy (non-hydrogen) atoms. The maximum Gasteiger partial charge on any atom is 0.238 e. The number of benzene rings is 1. The number of carbonyl (C=O) groups is 1. The summed E-state index contributed by atoms with van der Waals surface area (Å²) >= 11 is 5.93. The van der Waals surface area contributed by atoms with Gasteiger partial charge in [0, 0.05) is 10.7 Å². The van der Waals surface area contributed by atoms with Crippen molar-refractivity contribution in [2.24, 2.45) is 0 Å². The summed E-state index contributed by atoms with van der Waals surface area (Å²) in [4.78, 5) is 11.8. The molecule has 0 saturated carbocycles. The first-order valence-electron chi connectivity index (χ1n) is 7.10. The molecule has 0 bridgehead atoms. The molecule has 0 unspecified atom stereocenters. The molecule has 0 spiro atoms. The first kappa shape index (κ1) is 15.1. The number of anilines is 1. The van der Waals surface area contributed by atoms with Gasteiger partial charge < -0.3 is 10.6 Å². The SMILES string of the molecule is Cc1ccc(Cl)cc1NC(=O)CNCCC1=CCCC1. The molecule has 0 heterocycles. The number of allylic oxidation sites excluding steroid dienone is 1. The maximum absolute atomic E-state index is 11.8. The van der Waals surface area contributed by atoms with E-state index in [1.807, 2.05) is 19.1 Å². The van der Waals surface area contributed by atoms with Gasteiger partial charge in [-0.1, -0.05) is 29.3 Å². The number of rotatable bonds is 6. The van der Waals surface area contributed by atoms with Crippen molar-refractivity contribution in [1.82, 2.24) is 5.32 Å². The molecule has 0 fully saturated rings. The van der Waals surface area contributed by atoms with Gasteiger partial charge in [-0.3, -0.25) is 4.79 Å². The standard InChI is InChI=1S/C16H21ClN2O/c1-12-6-7-14(17)10-15(12)19-16(20)11-18-9-8-13-4-2-3-5-13/h4,6-7,10,18H,2-3,5,8-9,11H2,1H3,(H,19,20). The lowest BCUT2D eigenvalue weighted by molar-refractivity contribution is -0.115. The Bertz CT molecular complexity index is 511.